The zero-order valence-corrected chi connectivity index (χ0v) is 12.8. The van der Waals surface area contributed by atoms with Crippen molar-refractivity contribution in [3.63, 3.8) is 0 Å². The quantitative estimate of drug-likeness (QED) is 0.745. The molecule has 0 aliphatic rings. The number of methoxy groups -OCH3 is 1. The molecule has 0 atom stereocenters. The maximum Gasteiger partial charge on any atom is 0.232 e. The highest BCUT2D eigenvalue weighted by Crippen LogP contribution is 2.28. The molecule has 1 aromatic carbocycles. The van der Waals surface area contributed by atoms with Gasteiger partial charge in [0, 0.05) is 6.07 Å². The second-order valence-corrected chi connectivity index (χ2v) is 6.42. The van der Waals surface area contributed by atoms with E-state index in [-0.39, 0.29) is 5.75 Å². The van der Waals surface area contributed by atoms with Gasteiger partial charge < -0.3 is 10.1 Å². The van der Waals surface area contributed by atoms with Crippen molar-refractivity contribution in [3.05, 3.63) is 22.7 Å². The van der Waals surface area contributed by atoms with E-state index in [0.29, 0.717) is 24.4 Å². The van der Waals surface area contributed by atoms with Gasteiger partial charge in [0.05, 0.1) is 23.0 Å². The van der Waals surface area contributed by atoms with Crippen LogP contribution in [0.1, 0.15) is 6.42 Å². The molecule has 0 bridgehead atoms. The minimum Gasteiger partial charge on any atom is -0.495 e. The van der Waals surface area contributed by atoms with Crippen molar-refractivity contribution in [1.29, 1.82) is 0 Å². The number of halogens is 1. The largest absolute Gasteiger partial charge is 0.495 e. The Morgan fingerprint density at radius 1 is 1.39 bits per heavy atom. The molecule has 0 saturated heterocycles. The molecule has 0 fully saturated rings. The van der Waals surface area contributed by atoms with Gasteiger partial charge in [0.15, 0.2) is 0 Å². The van der Waals surface area contributed by atoms with Crippen LogP contribution in [0.4, 0.5) is 5.69 Å². The fourth-order valence-electron chi connectivity index (χ4n) is 1.39. The smallest absolute Gasteiger partial charge is 0.232 e. The highest BCUT2D eigenvalue weighted by molar-refractivity contribution is 9.10. The van der Waals surface area contributed by atoms with Gasteiger partial charge >= 0.3 is 0 Å². The second-order valence-electron chi connectivity index (χ2n) is 3.73. The van der Waals surface area contributed by atoms with E-state index < -0.39 is 10.0 Å². The Bertz CT molecular complexity index is 491. The third-order valence-corrected chi connectivity index (χ3v) is 4.29. The predicted molar refractivity (Wildman–Crippen MR) is 76.6 cm³/mol. The number of benzene rings is 1. The van der Waals surface area contributed by atoms with Crippen molar-refractivity contribution in [2.45, 2.75) is 6.42 Å². The summed E-state index contributed by atoms with van der Waals surface area (Å²) in [6.45, 7) is 0.671. The molecule has 0 aliphatic heterocycles. The van der Waals surface area contributed by atoms with Crippen LogP contribution in [0, 0.1) is 0 Å². The van der Waals surface area contributed by atoms with Crippen LogP contribution in [0.5, 0.6) is 5.75 Å². The molecule has 18 heavy (non-hydrogen) atoms. The van der Waals surface area contributed by atoms with Gasteiger partial charge in [0.25, 0.3) is 0 Å². The lowest BCUT2D eigenvalue weighted by atomic mass is 10.3. The Morgan fingerprint density at radius 2 is 2.11 bits per heavy atom. The molecule has 0 heterocycles. The predicted octanol–water partition coefficient (Wildman–Crippen LogP) is 1.81. The molecule has 1 rings (SSSR count). The first-order valence-corrected chi connectivity index (χ1v) is 7.91. The Hall–Kier alpha value is -0.790. The van der Waals surface area contributed by atoms with Crippen LogP contribution in [-0.2, 0) is 10.0 Å². The summed E-state index contributed by atoms with van der Waals surface area (Å²) in [4.78, 5) is 0. The molecule has 0 spiro atoms. The lowest BCUT2D eigenvalue weighted by molar-refractivity contribution is 0.412. The minimum atomic E-state index is -3.31. The molecule has 0 aliphatic carbocycles. The van der Waals surface area contributed by atoms with Crippen molar-refractivity contribution < 1.29 is 13.2 Å². The summed E-state index contributed by atoms with van der Waals surface area (Å²) >= 11 is 3.31. The summed E-state index contributed by atoms with van der Waals surface area (Å²) in [6.07, 6.45) is 0.569. The fourth-order valence-corrected chi connectivity index (χ4v) is 2.91. The summed E-state index contributed by atoms with van der Waals surface area (Å²) in [5.41, 5.74) is 0.500. The first kappa shape index (κ1) is 15.3. The topological polar surface area (TPSA) is 67.4 Å². The Morgan fingerprint density at radius 3 is 2.72 bits per heavy atom. The molecule has 0 unspecified atom stereocenters. The van der Waals surface area contributed by atoms with Crippen molar-refractivity contribution in [2.75, 3.05) is 31.2 Å². The third-order valence-electron chi connectivity index (χ3n) is 2.26. The van der Waals surface area contributed by atoms with E-state index in [1.165, 1.54) is 7.11 Å². The van der Waals surface area contributed by atoms with Crippen molar-refractivity contribution in [2.24, 2.45) is 0 Å². The van der Waals surface area contributed by atoms with Gasteiger partial charge in [-0.05, 0) is 48.1 Å². The number of anilines is 1. The van der Waals surface area contributed by atoms with E-state index in [1.807, 2.05) is 0 Å². The molecule has 0 amide bonds. The number of hydrogen-bond acceptors (Lipinski definition) is 4. The van der Waals surface area contributed by atoms with Crippen LogP contribution in [-0.4, -0.2) is 34.9 Å². The van der Waals surface area contributed by atoms with Crippen LogP contribution in [0.25, 0.3) is 0 Å². The maximum absolute atomic E-state index is 11.8. The van der Waals surface area contributed by atoms with Gasteiger partial charge in [-0.3, -0.25) is 4.72 Å². The van der Waals surface area contributed by atoms with Crippen LogP contribution in [0.2, 0.25) is 0 Å². The van der Waals surface area contributed by atoms with E-state index in [2.05, 4.69) is 26.0 Å². The summed E-state index contributed by atoms with van der Waals surface area (Å²) in [7, 11) is 0.0188. The van der Waals surface area contributed by atoms with E-state index in [9.17, 15) is 8.42 Å². The van der Waals surface area contributed by atoms with E-state index in [0.717, 1.165) is 4.47 Å². The van der Waals surface area contributed by atoms with Gasteiger partial charge in [-0.2, -0.15) is 0 Å². The normalized spacial score (nSPS) is 11.3. The zero-order valence-electron chi connectivity index (χ0n) is 10.4. The monoisotopic (exact) mass is 336 g/mol. The molecule has 2 N–H and O–H groups in total. The highest BCUT2D eigenvalue weighted by Gasteiger charge is 2.11. The molecular weight excluding hydrogens is 320 g/mol. The van der Waals surface area contributed by atoms with Gasteiger partial charge in [0.1, 0.15) is 5.75 Å². The number of ether oxygens (including phenoxy) is 1. The SMILES string of the molecule is CNCCCS(=O)(=O)Nc1ccc(Br)c(OC)c1. The molecule has 1 aromatic rings. The zero-order chi connectivity index (χ0) is 13.6. The fraction of sp³-hybridized carbons (Fsp3) is 0.455. The minimum absolute atomic E-state index is 0.0895. The summed E-state index contributed by atoms with van der Waals surface area (Å²) in [5, 5.41) is 2.91. The standard InChI is InChI=1S/C11H17BrN2O3S/c1-13-6-3-7-18(15,16)14-9-4-5-10(12)11(8-9)17-2/h4-5,8,13-14H,3,6-7H2,1-2H3. The summed E-state index contributed by atoms with van der Waals surface area (Å²) in [6, 6.07) is 5.06. The van der Waals surface area contributed by atoms with Crippen LogP contribution < -0.4 is 14.8 Å². The average molecular weight is 337 g/mol. The van der Waals surface area contributed by atoms with Crippen LogP contribution >= 0.6 is 15.9 Å². The van der Waals surface area contributed by atoms with Gasteiger partial charge in [-0.1, -0.05) is 0 Å². The number of sulfonamides is 1. The summed E-state index contributed by atoms with van der Waals surface area (Å²) < 4.78 is 31.9. The molecule has 0 aromatic heterocycles. The average Bonchev–Trinajstić information content (AvgIpc) is 2.31. The first-order valence-electron chi connectivity index (χ1n) is 5.47. The molecule has 102 valence electrons. The van der Waals surface area contributed by atoms with Gasteiger partial charge in [0.2, 0.25) is 10.0 Å². The third kappa shape index (κ3) is 4.83. The Balaban J connectivity index is 2.72. The van der Waals surface area contributed by atoms with Crippen molar-refractivity contribution in [3.8, 4) is 5.75 Å². The van der Waals surface area contributed by atoms with Crippen LogP contribution in [0.3, 0.4) is 0 Å². The van der Waals surface area contributed by atoms with E-state index in [4.69, 9.17) is 4.74 Å². The Kier molecular flexibility index (Phi) is 5.90. The number of hydrogen-bond donors (Lipinski definition) is 2. The first-order chi connectivity index (χ1) is 8.48. The van der Waals surface area contributed by atoms with E-state index >= 15 is 0 Å². The number of nitrogens with one attached hydrogen (secondary N) is 2. The van der Waals surface area contributed by atoms with Crippen molar-refractivity contribution >= 4 is 31.6 Å². The number of rotatable bonds is 7. The molecule has 0 radical (unpaired) electrons. The molecule has 7 heteroatoms. The molecule has 5 nitrogen and oxygen atoms in total. The lowest BCUT2D eigenvalue weighted by Gasteiger charge is -2.10. The van der Waals surface area contributed by atoms with Crippen LogP contribution in [0.15, 0.2) is 22.7 Å². The molecule has 0 saturated carbocycles. The summed E-state index contributed by atoms with van der Waals surface area (Å²) in [5.74, 6) is 0.678. The maximum atomic E-state index is 11.8. The molecular formula is C11H17BrN2O3S. The Labute approximate surface area is 116 Å². The van der Waals surface area contributed by atoms with Gasteiger partial charge in [-0.25, -0.2) is 8.42 Å². The lowest BCUT2D eigenvalue weighted by Crippen LogP contribution is -2.20. The highest BCUT2D eigenvalue weighted by atomic mass is 79.9. The van der Waals surface area contributed by atoms with E-state index in [1.54, 1.807) is 25.2 Å². The van der Waals surface area contributed by atoms with Crippen molar-refractivity contribution in [1.82, 2.24) is 5.32 Å². The van der Waals surface area contributed by atoms with Gasteiger partial charge in [-0.15, -0.1) is 0 Å². The second kappa shape index (κ2) is 6.96.